The molecule has 2 aliphatic rings. The fourth-order valence-electron chi connectivity index (χ4n) is 2.45. The average Bonchev–Trinajstić information content (AvgIpc) is 3.52. The average molecular weight is 425 g/mol. The minimum atomic E-state index is -0.337. The highest BCUT2D eigenvalue weighted by molar-refractivity contribution is 5.86. The number of esters is 1. The van der Waals surface area contributed by atoms with E-state index in [4.69, 9.17) is 9.47 Å². The van der Waals surface area contributed by atoms with E-state index in [-0.39, 0.29) is 12.1 Å². The van der Waals surface area contributed by atoms with Crippen LogP contribution < -0.4 is 0 Å². The Labute approximate surface area is 187 Å². The summed E-state index contributed by atoms with van der Waals surface area (Å²) in [4.78, 5) is 15.1. The number of nitrogens with zero attached hydrogens (tertiary/aromatic N) is 2. The molecular weight excluding hydrogens is 388 g/mol. The molecule has 0 saturated carbocycles. The van der Waals surface area contributed by atoms with Crippen molar-refractivity contribution in [3.8, 4) is 0 Å². The zero-order valence-corrected chi connectivity index (χ0v) is 19.0. The molecule has 0 aromatic heterocycles. The van der Waals surface area contributed by atoms with E-state index in [1.54, 1.807) is 6.92 Å². The number of benzene rings is 1. The van der Waals surface area contributed by atoms with E-state index >= 15 is 0 Å². The van der Waals surface area contributed by atoms with Gasteiger partial charge in [0.1, 0.15) is 12.7 Å². The van der Waals surface area contributed by atoms with Crippen LogP contribution in [0.2, 0.25) is 0 Å². The van der Waals surface area contributed by atoms with Crippen LogP contribution in [0.5, 0.6) is 0 Å². The van der Waals surface area contributed by atoms with Crippen LogP contribution in [0, 0.1) is 0 Å². The maximum atomic E-state index is 10.7. The number of carbonyl (C=O) groups excluding carboxylic acids is 1. The second-order valence-corrected chi connectivity index (χ2v) is 7.17. The number of hydrogen-bond acceptors (Lipinski definition) is 5. The second kappa shape index (κ2) is 14.9. The van der Waals surface area contributed by atoms with Crippen molar-refractivity contribution < 1.29 is 14.3 Å². The zero-order valence-electron chi connectivity index (χ0n) is 19.0. The van der Waals surface area contributed by atoms with E-state index in [1.807, 2.05) is 42.6 Å². The van der Waals surface area contributed by atoms with Crippen molar-refractivity contribution in [3.05, 3.63) is 85.9 Å². The van der Waals surface area contributed by atoms with Gasteiger partial charge in [-0.2, -0.15) is 0 Å². The van der Waals surface area contributed by atoms with Gasteiger partial charge >= 0.3 is 5.97 Å². The Morgan fingerprint density at radius 1 is 1.19 bits per heavy atom. The highest BCUT2D eigenvalue weighted by Crippen LogP contribution is 2.10. The highest BCUT2D eigenvalue weighted by atomic mass is 16.6. The van der Waals surface area contributed by atoms with Crippen molar-refractivity contribution in [1.29, 1.82) is 0 Å². The van der Waals surface area contributed by atoms with E-state index in [1.165, 1.54) is 12.8 Å². The molecule has 0 spiro atoms. The quantitative estimate of drug-likeness (QED) is 0.299. The molecule has 5 heteroatoms. The maximum absolute atomic E-state index is 10.7. The number of ether oxygens (including phenoxy) is 2. The van der Waals surface area contributed by atoms with Crippen LogP contribution in [-0.4, -0.2) is 48.3 Å². The fraction of sp³-hybridized carbons (Fsp3) is 0.346. The van der Waals surface area contributed by atoms with Gasteiger partial charge in [0.15, 0.2) is 0 Å². The first-order valence-electron chi connectivity index (χ1n) is 10.5. The van der Waals surface area contributed by atoms with Crippen molar-refractivity contribution in [2.75, 3.05) is 26.4 Å². The van der Waals surface area contributed by atoms with Crippen LogP contribution >= 0.6 is 0 Å². The fourth-order valence-corrected chi connectivity index (χ4v) is 2.45. The molecule has 31 heavy (non-hydrogen) atoms. The van der Waals surface area contributed by atoms with Crippen molar-refractivity contribution >= 4 is 18.1 Å². The van der Waals surface area contributed by atoms with Crippen LogP contribution in [0.4, 0.5) is 0 Å². The second-order valence-electron chi connectivity index (χ2n) is 7.17. The lowest BCUT2D eigenvalue weighted by atomic mass is 10.1. The molecule has 1 saturated heterocycles. The van der Waals surface area contributed by atoms with Gasteiger partial charge in [-0.1, -0.05) is 76.1 Å². The first-order valence-corrected chi connectivity index (χ1v) is 10.5. The molecule has 1 aromatic rings. The molecule has 1 atom stereocenters. The van der Waals surface area contributed by atoms with Crippen molar-refractivity contribution in [1.82, 2.24) is 9.80 Å². The number of carbonyl (C=O) groups is 1. The van der Waals surface area contributed by atoms with Gasteiger partial charge in [0, 0.05) is 24.5 Å². The van der Waals surface area contributed by atoms with E-state index in [0.717, 1.165) is 24.3 Å². The number of unbranched alkanes of at least 4 members (excludes halogenated alkanes) is 1. The SMILES string of the molecule is C=C(C)C(=O)OCC1CO1.C=CN1C=CN(CCCC)C1.C=Cc1ccccc1C=C. The maximum Gasteiger partial charge on any atom is 0.333 e. The Bertz CT molecular complexity index is 739. The number of epoxide rings is 1. The smallest absolute Gasteiger partial charge is 0.333 e. The molecule has 168 valence electrons. The molecular formula is C26H36N2O3. The van der Waals surface area contributed by atoms with Crippen LogP contribution in [0.1, 0.15) is 37.8 Å². The zero-order chi connectivity index (χ0) is 23.1. The first kappa shape index (κ1) is 26.0. The Balaban J connectivity index is 0.000000233. The van der Waals surface area contributed by atoms with Crippen LogP contribution in [0.3, 0.4) is 0 Å². The summed E-state index contributed by atoms with van der Waals surface area (Å²) in [5.74, 6) is -0.337. The van der Waals surface area contributed by atoms with Gasteiger partial charge in [-0.25, -0.2) is 4.79 Å². The molecule has 5 nitrogen and oxygen atoms in total. The highest BCUT2D eigenvalue weighted by Gasteiger charge is 2.24. The van der Waals surface area contributed by atoms with Gasteiger partial charge in [0.05, 0.1) is 13.3 Å². The normalized spacial score (nSPS) is 15.6. The minimum absolute atomic E-state index is 0.142. The Kier molecular flexibility index (Phi) is 12.5. The Morgan fingerprint density at radius 3 is 2.23 bits per heavy atom. The number of rotatable bonds is 9. The molecule has 0 radical (unpaired) electrons. The van der Waals surface area contributed by atoms with E-state index in [0.29, 0.717) is 18.8 Å². The van der Waals surface area contributed by atoms with Crippen molar-refractivity contribution in [2.24, 2.45) is 0 Å². The van der Waals surface area contributed by atoms with Crippen molar-refractivity contribution in [3.63, 3.8) is 0 Å². The molecule has 1 fully saturated rings. The van der Waals surface area contributed by atoms with Gasteiger partial charge in [-0.15, -0.1) is 0 Å². The molecule has 3 rings (SSSR count). The lowest BCUT2D eigenvalue weighted by Gasteiger charge is -2.17. The summed E-state index contributed by atoms with van der Waals surface area (Å²) < 4.78 is 9.60. The van der Waals surface area contributed by atoms with Crippen LogP contribution in [-0.2, 0) is 14.3 Å². The van der Waals surface area contributed by atoms with Gasteiger partial charge < -0.3 is 19.3 Å². The predicted octanol–water partition coefficient (Wildman–Crippen LogP) is 5.45. The van der Waals surface area contributed by atoms with Crippen LogP contribution in [0.25, 0.3) is 12.2 Å². The molecule has 0 aliphatic carbocycles. The summed E-state index contributed by atoms with van der Waals surface area (Å²) in [6.07, 6.45) is 12.4. The van der Waals surface area contributed by atoms with E-state index in [9.17, 15) is 4.79 Å². The summed E-state index contributed by atoms with van der Waals surface area (Å²) in [6.45, 7) is 21.6. The van der Waals surface area contributed by atoms with Crippen LogP contribution in [0.15, 0.2) is 74.8 Å². The molecule has 2 heterocycles. The summed E-state index contributed by atoms with van der Waals surface area (Å²) in [7, 11) is 0. The van der Waals surface area contributed by atoms with E-state index < -0.39 is 0 Å². The molecule has 0 bridgehead atoms. The van der Waals surface area contributed by atoms with Gasteiger partial charge in [0.2, 0.25) is 0 Å². The molecule has 1 unspecified atom stereocenters. The minimum Gasteiger partial charge on any atom is -0.459 e. The third-order valence-electron chi connectivity index (χ3n) is 4.43. The third-order valence-corrected chi connectivity index (χ3v) is 4.43. The lowest BCUT2D eigenvalue weighted by molar-refractivity contribution is -0.139. The summed E-state index contributed by atoms with van der Waals surface area (Å²) in [6, 6.07) is 8.02. The lowest BCUT2D eigenvalue weighted by Crippen LogP contribution is -2.22. The summed E-state index contributed by atoms with van der Waals surface area (Å²) in [5.41, 5.74) is 2.70. The predicted molar refractivity (Wildman–Crippen MR) is 130 cm³/mol. The topological polar surface area (TPSA) is 45.3 Å². The van der Waals surface area contributed by atoms with Gasteiger partial charge in [-0.3, -0.25) is 0 Å². The molecule has 1 aromatic carbocycles. The summed E-state index contributed by atoms with van der Waals surface area (Å²) >= 11 is 0. The Hall–Kier alpha value is -3.05. The molecule has 0 amide bonds. The standard InChI is InChI=1S/C10H10.C9H16N2.C7H10O3/c1-3-9-7-5-6-8-10(9)4-2;1-3-5-6-11-8-7-10(4-2)9-11;1-5(2)7(8)10-4-6-3-9-6/h3-8H,1-2H2;4,7-8H,2-3,5-6,9H2,1H3;6H,1,3-4H2,2H3. The molecule has 2 aliphatic heterocycles. The van der Waals surface area contributed by atoms with Gasteiger partial charge in [-0.05, 0) is 30.7 Å². The van der Waals surface area contributed by atoms with Crippen molar-refractivity contribution in [2.45, 2.75) is 32.8 Å². The summed E-state index contributed by atoms with van der Waals surface area (Å²) in [5, 5.41) is 0. The third kappa shape index (κ3) is 11.1. The monoisotopic (exact) mass is 424 g/mol. The van der Waals surface area contributed by atoms with Gasteiger partial charge in [0.25, 0.3) is 0 Å². The Morgan fingerprint density at radius 2 is 1.81 bits per heavy atom. The first-order chi connectivity index (χ1) is 14.9. The largest absolute Gasteiger partial charge is 0.459 e. The van der Waals surface area contributed by atoms with E-state index in [2.05, 4.69) is 55.4 Å². The molecule has 0 N–H and O–H groups in total. The number of hydrogen-bond donors (Lipinski definition) is 0.